The van der Waals surface area contributed by atoms with E-state index in [1.54, 1.807) is 12.1 Å². The summed E-state index contributed by atoms with van der Waals surface area (Å²) in [6.07, 6.45) is 1.57. The van der Waals surface area contributed by atoms with E-state index in [4.69, 9.17) is 18.9 Å². The lowest BCUT2D eigenvalue weighted by Gasteiger charge is -2.24. The molecule has 4 rings (SSSR count). The molecular formula is C22H27NO6S. The Hall–Kier alpha value is -2.45. The van der Waals surface area contributed by atoms with Crippen molar-refractivity contribution < 1.29 is 27.4 Å². The quantitative estimate of drug-likeness (QED) is 0.774. The lowest BCUT2D eigenvalue weighted by Crippen LogP contribution is -2.31. The lowest BCUT2D eigenvalue weighted by atomic mass is 9.97. The molecule has 0 saturated carbocycles. The van der Waals surface area contributed by atoms with Crippen molar-refractivity contribution in [3.05, 3.63) is 42.0 Å². The minimum Gasteiger partial charge on any atom is -0.490 e. The van der Waals surface area contributed by atoms with Crippen LogP contribution >= 0.6 is 0 Å². The summed E-state index contributed by atoms with van der Waals surface area (Å²) < 4.78 is 51.9. The highest BCUT2D eigenvalue weighted by molar-refractivity contribution is 7.89. The number of hydrogen-bond acceptors (Lipinski definition) is 6. The summed E-state index contributed by atoms with van der Waals surface area (Å²) >= 11 is 0. The molecule has 0 spiro atoms. The molecule has 2 aliphatic heterocycles. The van der Waals surface area contributed by atoms with Gasteiger partial charge in [-0.2, -0.15) is 0 Å². The highest BCUT2D eigenvalue weighted by atomic mass is 32.2. The molecule has 7 nitrogen and oxygen atoms in total. The van der Waals surface area contributed by atoms with Crippen molar-refractivity contribution in [3.8, 4) is 23.0 Å². The summed E-state index contributed by atoms with van der Waals surface area (Å²) in [5, 5.41) is 0. The van der Waals surface area contributed by atoms with Gasteiger partial charge in [0.1, 0.15) is 0 Å². The van der Waals surface area contributed by atoms with E-state index in [1.807, 2.05) is 32.0 Å². The second-order valence-electron chi connectivity index (χ2n) is 7.76. The van der Waals surface area contributed by atoms with Crippen molar-refractivity contribution >= 4 is 10.0 Å². The standard InChI is InChI=1S/C22H27NO6S/c1-15(2)22(16-5-7-18-20(13-16)28-11-3-9-26-18)23-30(24,25)17-6-8-19-21(14-17)29-12-4-10-27-19/h5-8,13-15,22-23H,3-4,9-12H2,1-2H3. The van der Waals surface area contributed by atoms with Gasteiger partial charge in [0.25, 0.3) is 0 Å². The van der Waals surface area contributed by atoms with Crippen molar-refractivity contribution in [2.24, 2.45) is 5.92 Å². The molecule has 0 aromatic heterocycles. The van der Waals surface area contributed by atoms with E-state index in [1.165, 1.54) is 6.07 Å². The minimum absolute atomic E-state index is 0.0185. The van der Waals surface area contributed by atoms with Crippen molar-refractivity contribution in [1.29, 1.82) is 0 Å². The van der Waals surface area contributed by atoms with E-state index >= 15 is 0 Å². The third-order valence-corrected chi connectivity index (χ3v) is 6.55. The lowest BCUT2D eigenvalue weighted by molar-refractivity contribution is 0.296. The van der Waals surface area contributed by atoms with Gasteiger partial charge < -0.3 is 18.9 Å². The largest absolute Gasteiger partial charge is 0.490 e. The summed E-state index contributed by atoms with van der Waals surface area (Å²) in [7, 11) is -3.78. The fraction of sp³-hybridized carbons (Fsp3) is 0.455. The molecule has 0 aliphatic carbocycles. The van der Waals surface area contributed by atoms with Gasteiger partial charge in [0.2, 0.25) is 10.0 Å². The van der Waals surface area contributed by atoms with Crippen LogP contribution in [0.3, 0.4) is 0 Å². The zero-order chi connectivity index (χ0) is 21.1. The van der Waals surface area contributed by atoms with E-state index in [9.17, 15) is 8.42 Å². The van der Waals surface area contributed by atoms with Crippen molar-refractivity contribution in [3.63, 3.8) is 0 Å². The first-order valence-corrected chi connectivity index (χ1v) is 11.7. The Morgan fingerprint density at radius 2 is 1.30 bits per heavy atom. The van der Waals surface area contributed by atoms with Crippen molar-refractivity contribution in [2.75, 3.05) is 26.4 Å². The van der Waals surface area contributed by atoms with E-state index < -0.39 is 16.1 Å². The Morgan fingerprint density at radius 1 is 0.767 bits per heavy atom. The van der Waals surface area contributed by atoms with Gasteiger partial charge in [0.15, 0.2) is 23.0 Å². The van der Waals surface area contributed by atoms with Gasteiger partial charge >= 0.3 is 0 Å². The molecule has 0 fully saturated rings. The first-order valence-electron chi connectivity index (χ1n) is 10.3. The number of benzene rings is 2. The zero-order valence-corrected chi connectivity index (χ0v) is 18.0. The first kappa shape index (κ1) is 20.8. The molecule has 30 heavy (non-hydrogen) atoms. The predicted molar refractivity (Wildman–Crippen MR) is 112 cm³/mol. The fourth-order valence-electron chi connectivity index (χ4n) is 3.51. The molecule has 0 saturated heterocycles. The Balaban J connectivity index is 1.61. The minimum atomic E-state index is -3.78. The van der Waals surface area contributed by atoms with Gasteiger partial charge in [-0.05, 0) is 35.7 Å². The van der Waals surface area contributed by atoms with Crippen LogP contribution in [-0.2, 0) is 10.0 Å². The zero-order valence-electron chi connectivity index (χ0n) is 17.2. The Kier molecular flexibility index (Phi) is 6.06. The molecule has 2 heterocycles. The fourth-order valence-corrected chi connectivity index (χ4v) is 4.90. The third-order valence-electron chi connectivity index (χ3n) is 5.11. The van der Waals surface area contributed by atoms with Crippen molar-refractivity contribution in [2.45, 2.75) is 37.6 Å². The number of fused-ring (bicyclic) bond motifs is 2. The number of rotatable bonds is 5. The maximum atomic E-state index is 13.2. The van der Waals surface area contributed by atoms with E-state index in [-0.39, 0.29) is 10.8 Å². The Bertz CT molecular complexity index is 1000. The molecule has 1 atom stereocenters. The molecule has 8 heteroatoms. The van der Waals surface area contributed by atoms with Crippen LogP contribution in [0.4, 0.5) is 0 Å². The number of ether oxygens (including phenoxy) is 4. The summed E-state index contributed by atoms with van der Waals surface area (Å²) in [6, 6.07) is 9.87. The van der Waals surface area contributed by atoms with Gasteiger partial charge in [0.05, 0.1) is 31.3 Å². The van der Waals surface area contributed by atoms with Crippen molar-refractivity contribution in [1.82, 2.24) is 4.72 Å². The highest BCUT2D eigenvalue weighted by Crippen LogP contribution is 2.36. The SMILES string of the molecule is CC(C)C(NS(=O)(=O)c1ccc2c(c1)OCCCO2)c1ccc2c(c1)OCCCO2. The second-order valence-corrected chi connectivity index (χ2v) is 9.47. The molecule has 0 bridgehead atoms. The van der Waals surface area contributed by atoms with Crippen LogP contribution in [0.15, 0.2) is 41.3 Å². The van der Waals surface area contributed by atoms with Crippen LogP contribution in [-0.4, -0.2) is 34.8 Å². The summed E-state index contributed by atoms with van der Waals surface area (Å²) in [4.78, 5) is 0.145. The molecule has 162 valence electrons. The van der Waals surface area contributed by atoms with Crippen LogP contribution in [0.2, 0.25) is 0 Å². The number of sulfonamides is 1. The molecule has 2 aromatic rings. The average molecular weight is 434 g/mol. The topological polar surface area (TPSA) is 83.1 Å². The number of hydrogen-bond donors (Lipinski definition) is 1. The molecule has 0 radical (unpaired) electrons. The van der Waals surface area contributed by atoms with Crippen LogP contribution in [0.5, 0.6) is 23.0 Å². The normalized spacial score (nSPS) is 17.2. The molecule has 0 amide bonds. The predicted octanol–water partition coefficient (Wildman–Crippen LogP) is 3.68. The molecular weight excluding hydrogens is 406 g/mol. The highest BCUT2D eigenvalue weighted by Gasteiger charge is 2.26. The van der Waals surface area contributed by atoms with Gasteiger partial charge in [-0.3, -0.25) is 0 Å². The van der Waals surface area contributed by atoms with Gasteiger partial charge in [0, 0.05) is 24.9 Å². The maximum Gasteiger partial charge on any atom is 0.241 e. The van der Waals surface area contributed by atoms with Crippen LogP contribution in [0, 0.1) is 5.92 Å². The van der Waals surface area contributed by atoms with E-state index in [2.05, 4.69) is 4.72 Å². The molecule has 2 aromatic carbocycles. The monoisotopic (exact) mass is 433 g/mol. The molecule has 2 aliphatic rings. The third kappa shape index (κ3) is 4.49. The summed E-state index contributed by atoms with van der Waals surface area (Å²) in [6.45, 7) is 6.18. The van der Waals surface area contributed by atoms with E-state index in [0.717, 1.165) is 18.4 Å². The summed E-state index contributed by atoms with van der Waals surface area (Å²) in [5.74, 6) is 2.36. The van der Waals surface area contributed by atoms with Gasteiger partial charge in [-0.15, -0.1) is 0 Å². The number of nitrogens with one attached hydrogen (secondary N) is 1. The van der Waals surface area contributed by atoms with Gasteiger partial charge in [-0.1, -0.05) is 19.9 Å². The molecule has 1 N–H and O–H groups in total. The average Bonchev–Trinajstić information content (AvgIpc) is 3.11. The van der Waals surface area contributed by atoms with Crippen LogP contribution in [0.25, 0.3) is 0 Å². The smallest absolute Gasteiger partial charge is 0.241 e. The van der Waals surface area contributed by atoms with E-state index in [0.29, 0.717) is 49.4 Å². The van der Waals surface area contributed by atoms with Crippen LogP contribution < -0.4 is 23.7 Å². The van der Waals surface area contributed by atoms with Crippen LogP contribution in [0.1, 0.15) is 38.3 Å². The summed E-state index contributed by atoms with van der Waals surface area (Å²) in [5.41, 5.74) is 0.826. The maximum absolute atomic E-state index is 13.2. The molecule has 1 unspecified atom stereocenters. The Labute approximate surface area is 177 Å². The Morgan fingerprint density at radius 3 is 1.90 bits per heavy atom. The second kappa shape index (κ2) is 8.73. The van der Waals surface area contributed by atoms with Gasteiger partial charge in [-0.25, -0.2) is 13.1 Å². The first-order chi connectivity index (χ1) is 14.4.